The van der Waals surface area contributed by atoms with Gasteiger partial charge in [-0.15, -0.1) is 6.58 Å². The average Bonchev–Trinajstić information content (AvgIpc) is 2.94. The largest absolute Gasteiger partial charge is 0.413 e. The summed E-state index contributed by atoms with van der Waals surface area (Å²) in [5.41, 5.74) is 1.08. The Morgan fingerprint density at radius 3 is 1.77 bits per heavy atom. The van der Waals surface area contributed by atoms with Gasteiger partial charge in [0.1, 0.15) is 0 Å². The summed E-state index contributed by atoms with van der Waals surface area (Å²) in [5.74, 6) is 0.170. The molecule has 0 aliphatic rings. The van der Waals surface area contributed by atoms with Crippen molar-refractivity contribution in [1.29, 1.82) is 0 Å². The van der Waals surface area contributed by atoms with E-state index in [1.54, 1.807) is 13.2 Å². The molecule has 2 rings (SSSR count). The SMILES string of the molecule is C=C[C@H](O)C/C(C)=C/[C@@H](OC)[C@@H](C)[C@H](O[Si](C)(C)C(C)(C)C)[C@H](C)CO[Si](c1ccccc1)(c1ccccc1)C(C)(C)C. The van der Waals surface area contributed by atoms with Gasteiger partial charge < -0.3 is 18.7 Å². The number of aliphatic hydroxyl groups is 1. The van der Waals surface area contributed by atoms with Crippen LogP contribution < -0.4 is 10.4 Å². The van der Waals surface area contributed by atoms with Crippen LogP contribution in [0.25, 0.3) is 0 Å². The minimum absolute atomic E-state index is 0.0614. The second-order valence-corrected chi connectivity index (χ2v) is 23.9. The maximum Gasteiger partial charge on any atom is 0.261 e. The Bertz CT molecular complexity index is 1110. The van der Waals surface area contributed by atoms with Gasteiger partial charge in [-0.25, -0.2) is 0 Å². The van der Waals surface area contributed by atoms with E-state index in [1.807, 2.05) is 6.92 Å². The quantitative estimate of drug-likeness (QED) is 0.161. The summed E-state index contributed by atoms with van der Waals surface area (Å²) in [6.45, 7) is 29.3. The lowest BCUT2D eigenvalue weighted by atomic mass is 9.88. The molecule has 43 heavy (non-hydrogen) atoms. The first-order chi connectivity index (χ1) is 19.9. The normalized spacial score (nSPS) is 17.2. The standard InChI is InChI=1S/C37H60O4Si2/c1-14-31(38)25-28(2)26-34(39-11)30(4)35(41-42(12,13)36(5,6)7)29(3)27-40-43(37(8,9)10,32-21-17-15-18-22-32)33-23-19-16-20-24-33/h14-24,26,29-31,34-35,38H,1,25,27H2,2-13H3/b28-26+/t29-,30-,31+,34-,35-/m1/s1. The van der Waals surface area contributed by atoms with Gasteiger partial charge >= 0.3 is 0 Å². The summed E-state index contributed by atoms with van der Waals surface area (Å²) in [6.07, 6.45) is 3.45. The molecule has 2 aromatic carbocycles. The Kier molecular flexibility index (Phi) is 13.4. The minimum atomic E-state index is -2.70. The highest BCUT2D eigenvalue weighted by atomic mass is 28.4. The molecule has 6 heteroatoms. The second-order valence-electron chi connectivity index (χ2n) is 14.9. The van der Waals surface area contributed by atoms with Gasteiger partial charge in [-0.2, -0.15) is 0 Å². The van der Waals surface area contributed by atoms with Crippen molar-refractivity contribution in [3.8, 4) is 0 Å². The molecule has 0 aliphatic heterocycles. The molecule has 4 nitrogen and oxygen atoms in total. The Labute approximate surface area is 265 Å². The second kappa shape index (κ2) is 15.5. The van der Waals surface area contributed by atoms with Gasteiger partial charge in [0.2, 0.25) is 0 Å². The molecule has 2 aromatic rings. The highest BCUT2D eigenvalue weighted by Gasteiger charge is 2.51. The van der Waals surface area contributed by atoms with E-state index in [0.717, 1.165) is 5.57 Å². The van der Waals surface area contributed by atoms with Crippen molar-refractivity contribution >= 4 is 27.0 Å². The lowest BCUT2D eigenvalue weighted by Crippen LogP contribution is -2.67. The monoisotopic (exact) mass is 624 g/mol. The van der Waals surface area contributed by atoms with Crippen LogP contribution in [-0.4, -0.2) is 53.8 Å². The summed E-state index contributed by atoms with van der Waals surface area (Å²) < 4.78 is 20.7. The molecule has 0 saturated heterocycles. The van der Waals surface area contributed by atoms with E-state index in [-0.39, 0.29) is 34.1 Å². The molecular weight excluding hydrogens is 565 g/mol. The number of hydrogen-bond acceptors (Lipinski definition) is 4. The van der Waals surface area contributed by atoms with E-state index in [2.05, 4.69) is 142 Å². The van der Waals surface area contributed by atoms with Crippen LogP contribution in [-0.2, 0) is 13.6 Å². The van der Waals surface area contributed by atoms with E-state index in [1.165, 1.54) is 10.4 Å². The van der Waals surface area contributed by atoms with Gasteiger partial charge in [0.15, 0.2) is 8.32 Å². The Balaban J connectivity index is 2.57. The van der Waals surface area contributed by atoms with E-state index < -0.39 is 22.7 Å². The first kappa shape index (κ1) is 37.4. The van der Waals surface area contributed by atoms with Gasteiger partial charge in [0, 0.05) is 25.6 Å². The molecule has 0 amide bonds. The highest BCUT2D eigenvalue weighted by Crippen LogP contribution is 2.41. The van der Waals surface area contributed by atoms with Crippen molar-refractivity contribution in [3.63, 3.8) is 0 Å². The fourth-order valence-corrected chi connectivity index (χ4v) is 11.9. The van der Waals surface area contributed by atoms with Crippen molar-refractivity contribution in [1.82, 2.24) is 0 Å². The summed E-state index contributed by atoms with van der Waals surface area (Å²) in [6, 6.07) is 21.7. The molecule has 0 aliphatic carbocycles. The summed E-state index contributed by atoms with van der Waals surface area (Å²) in [4.78, 5) is 0. The van der Waals surface area contributed by atoms with Gasteiger partial charge in [0.05, 0.1) is 18.3 Å². The van der Waals surface area contributed by atoms with Crippen LogP contribution in [0, 0.1) is 11.8 Å². The maximum atomic E-state index is 10.2. The van der Waals surface area contributed by atoms with Crippen molar-refractivity contribution < 1.29 is 18.7 Å². The van der Waals surface area contributed by atoms with E-state index in [0.29, 0.717) is 13.0 Å². The van der Waals surface area contributed by atoms with Crippen LogP contribution in [0.1, 0.15) is 68.7 Å². The maximum absolute atomic E-state index is 10.2. The Morgan fingerprint density at radius 1 is 0.884 bits per heavy atom. The number of aliphatic hydroxyl groups excluding tert-OH is 1. The lowest BCUT2D eigenvalue weighted by Gasteiger charge is -2.46. The van der Waals surface area contributed by atoms with Crippen LogP contribution in [0.5, 0.6) is 0 Å². The smallest absolute Gasteiger partial charge is 0.261 e. The Morgan fingerprint density at radius 2 is 1.37 bits per heavy atom. The topological polar surface area (TPSA) is 47.9 Å². The molecular formula is C37H60O4Si2. The van der Waals surface area contributed by atoms with Gasteiger partial charge in [-0.1, -0.05) is 134 Å². The van der Waals surface area contributed by atoms with E-state index in [9.17, 15) is 5.11 Å². The van der Waals surface area contributed by atoms with Crippen molar-refractivity contribution in [2.75, 3.05) is 13.7 Å². The minimum Gasteiger partial charge on any atom is -0.413 e. The predicted octanol–water partition coefficient (Wildman–Crippen LogP) is 8.12. The van der Waals surface area contributed by atoms with Crippen LogP contribution in [0.15, 0.2) is 85.0 Å². The average molecular weight is 625 g/mol. The fraction of sp³-hybridized carbons (Fsp3) is 0.568. The van der Waals surface area contributed by atoms with Crippen molar-refractivity contribution in [3.05, 3.63) is 85.0 Å². The fourth-order valence-electron chi connectivity index (χ4n) is 5.75. The third-order valence-corrected chi connectivity index (χ3v) is 18.8. The highest BCUT2D eigenvalue weighted by molar-refractivity contribution is 6.99. The number of hydrogen-bond donors (Lipinski definition) is 1. The third kappa shape index (κ3) is 9.35. The van der Waals surface area contributed by atoms with Crippen LogP contribution in [0.3, 0.4) is 0 Å². The first-order valence-corrected chi connectivity index (χ1v) is 20.7. The molecule has 0 heterocycles. The van der Waals surface area contributed by atoms with Crippen LogP contribution >= 0.6 is 0 Å². The van der Waals surface area contributed by atoms with Crippen LogP contribution in [0.2, 0.25) is 23.2 Å². The molecule has 0 saturated carbocycles. The van der Waals surface area contributed by atoms with E-state index in [4.69, 9.17) is 13.6 Å². The molecule has 0 radical (unpaired) electrons. The zero-order valence-corrected chi connectivity index (χ0v) is 31.1. The zero-order chi connectivity index (χ0) is 32.6. The molecule has 0 bridgehead atoms. The van der Waals surface area contributed by atoms with Gasteiger partial charge in [-0.3, -0.25) is 0 Å². The van der Waals surface area contributed by atoms with Crippen LogP contribution in [0.4, 0.5) is 0 Å². The summed E-state index contributed by atoms with van der Waals surface area (Å²) in [5, 5.41) is 12.7. The Hall–Kier alpha value is -1.81. The molecule has 0 spiro atoms. The molecule has 5 atom stereocenters. The third-order valence-electron chi connectivity index (χ3n) is 9.34. The first-order valence-electron chi connectivity index (χ1n) is 15.8. The molecule has 0 unspecified atom stereocenters. The molecule has 1 N–H and O–H groups in total. The number of ether oxygens (including phenoxy) is 1. The van der Waals surface area contributed by atoms with E-state index >= 15 is 0 Å². The van der Waals surface area contributed by atoms with Crippen molar-refractivity contribution in [2.45, 2.75) is 110 Å². The van der Waals surface area contributed by atoms with Gasteiger partial charge in [0.25, 0.3) is 8.32 Å². The summed E-state index contributed by atoms with van der Waals surface area (Å²) >= 11 is 0. The molecule has 0 aromatic heterocycles. The summed E-state index contributed by atoms with van der Waals surface area (Å²) in [7, 11) is -3.07. The number of methoxy groups -OCH3 is 1. The van der Waals surface area contributed by atoms with Gasteiger partial charge in [-0.05, 0) is 46.9 Å². The molecule has 0 fully saturated rings. The number of rotatable bonds is 15. The number of benzene rings is 2. The zero-order valence-electron chi connectivity index (χ0n) is 29.1. The molecule has 240 valence electrons. The predicted molar refractivity (Wildman–Crippen MR) is 189 cm³/mol. The van der Waals surface area contributed by atoms with Crippen molar-refractivity contribution in [2.24, 2.45) is 11.8 Å². The lowest BCUT2D eigenvalue weighted by molar-refractivity contribution is -0.0104.